The number of carbonyl (C=O) groups is 2. The molecule has 1 aliphatic rings. The van der Waals surface area contributed by atoms with Gasteiger partial charge in [0.2, 0.25) is 5.71 Å². The molecule has 0 amide bonds. The van der Waals surface area contributed by atoms with Gasteiger partial charge < -0.3 is 13.7 Å². The zero-order chi connectivity index (χ0) is 21.9. The van der Waals surface area contributed by atoms with Gasteiger partial charge in [0.05, 0.1) is 22.7 Å². The summed E-state index contributed by atoms with van der Waals surface area (Å²) in [6, 6.07) is 12.1. The summed E-state index contributed by atoms with van der Waals surface area (Å²) in [7, 11) is 3.48. The van der Waals surface area contributed by atoms with E-state index in [9.17, 15) is 9.59 Å². The number of Topliss-reactive ketones (excluding diaryl/α,β-unsaturated/α-hetero) is 2. The van der Waals surface area contributed by atoms with Gasteiger partial charge in [0.15, 0.2) is 11.6 Å². The fourth-order valence-electron chi connectivity index (χ4n) is 3.65. The fourth-order valence-corrected chi connectivity index (χ4v) is 3.98. The molecule has 2 aromatic carbocycles. The second-order valence-corrected chi connectivity index (χ2v) is 7.90. The van der Waals surface area contributed by atoms with Crippen LogP contribution in [0.2, 0.25) is 10.0 Å². The largest absolute Gasteiger partial charge is 0.497 e. The van der Waals surface area contributed by atoms with Gasteiger partial charge in [-0.15, -0.1) is 0 Å². The molecule has 4 aromatic rings. The number of halogens is 2. The number of ketones is 2. The lowest BCUT2D eigenvalue weighted by Crippen LogP contribution is -1.99. The second-order valence-electron chi connectivity index (χ2n) is 7.09. The van der Waals surface area contributed by atoms with Crippen LogP contribution in [-0.2, 0) is 7.05 Å². The summed E-state index contributed by atoms with van der Waals surface area (Å²) in [5, 5.41) is 0.448. The van der Waals surface area contributed by atoms with Crippen LogP contribution in [-0.4, -0.2) is 28.2 Å². The Labute approximate surface area is 186 Å². The first kappa shape index (κ1) is 19.6. The summed E-state index contributed by atoms with van der Waals surface area (Å²) in [5.41, 5.74) is 2.52. The average molecular weight is 453 g/mol. The monoisotopic (exact) mass is 452 g/mol. The van der Waals surface area contributed by atoms with E-state index in [1.54, 1.807) is 13.2 Å². The SMILES string of the molecule is COc1ccc(-c2nc3oc(C=C4C(=O)c5cc(Cl)c(Cl)cc5C4=O)cc3n2C)cc1. The molecular weight excluding hydrogens is 439 g/mol. The number of imidazole rings is 1. The van der Waals surface area contributed by atoms with Crippen LogP contribution < -0.4 is 4.74 Å². The van der Waals surface area contributed by atoms with Gasteiger partial charge in [-0.3, -0.25) is 9.59 Å². The minimum absolute atomic E-state index is 0.00256. The summed E-state index contributed by atoms with van der Waals surface area (Å²) in [6.45, 7) is 0. The Hall–Kier alpha value is -3.35. The van der Waals surface area contributed by atoms with Gasteiger partial charge in [-0.1, -0.05) is 23.2 Å². The number of furan rings is 1. The van der Waals surface area contributed by atoms with Gasteiger partial charge in [-0.05, 0) is 42.5 Å². The summed E-state index contributed by atoms with van der Waals surface area (Å²) >= 11 is 12.0. The molecule has 0 spiro atoms. The molecule has 31 heavy (non-hydrogen) atoms. The van der Waals surface area contributed by atoms with Crippen molar-refractivity contribution in [1.29, 1.82) is 0 Å². The number of ether oxygens (including phenoxy) is 1. The molecule has 0 aliphatic heterocycles. The summed E-state index contributed by atoms with van der Waals surface area (Å²) in [4.78, 5) is 30.0. The molecule has 2 aromatic heterocycles. The highest BCUT2D eigenvalue weighted by Crippen LogP contribution is 2.35. The lowest BCUT2D eigenvalue weighted by molar-refractivity contribution is 0.0990. The van der Waals surface area contributed by atoms with E-state index in [1.807, 2.05) is 35.9 Å². The zero-order valence-electron chi connectivity index (χ0n) is 16.4. The quantitative estimate of drug-likeness (QED) is 0.298. The van der Waals surface area contributed by atoms with Crippen molar-refractivity contribution in [3.8, 4) is 17.1 Å². The molecule has 6 nitrogen and oxygen atoms in total. The number of aromatic nitrogens is 2. The van der Waals surface area contributed by atoms with Crippen molar-refractivity contribution in [2.75, 3.05) is 7.11 Å². The average Bonchev–Trinajstić information content (AvgIpc) is 3.37. The topological polar surface area (TPSA) is 74.3 Å². The van der Waals surface area contributed by atoms with Crippen LogP contribution in [0.1, 0.15) is 26.5 Å². The summed E-state index contributed by atoms with van der Waals surface area (Å²) in [5.74, 6) is 1.01. The molecule has 2 heterocycles. The van der Waals surface area contributed by atoms with Crippen LogP contribution in [0.25, 0.3) is 28.7 Å². The minimum atomic E-state index is -0.411. The first-order valence-corrected chi connectivity index (χ1v) is 10.0. The van der Waals surface area contributed by atoms with Crippen molar-refractivity contribution in [3.63, 3.8) is 0 Å². The Bertz CT molecular complexity index is 1390. The molecule has 0 N–H and O–H groups in total. The Morgan fingerprint density at radius 3 is 2.16 bits per heavy atom. The van der Waals surface area contributed by atoms with Crippen molar-refractivity contribution in [2.45, 2.75) is 0 Å². The van der Waals surface area contributed by atoms with Crippen molar-refractivity contribution < 1.29 is 18.7 Å². The van der Waals surface area contributed by atoms with Gasteiger partial charge in [0.1, 0.15) is 22.9 Å². The number of carbonyl (C=O) groups excluding carboxylic acids is 2. The third kappa shape index (κ3) is 3.07. The molecule has 0 bridgehead atoms. The maximum absolute atomic E-state index is 12.7. The predicted octanol–water partition coefficient (Wildman–Crippen LogP) is 5.61. The molecule has 1 aliphatic carbocycles. The van der Waals surface area contributed by atoms with Crippen molar-refractivity contribution in [3.05, 3.63) is 75.0 Å². The number of nitrogens with zero attached hydrogens (tertiary/aromatic N) is 2. The molecule has 0 atom stereocenters. The Morgan fingerprint density at radius 2 is 1.61 bits per heavy atom. The van der Waals surface area contributed by atoms with Crippen molar-refractivity contribution >= 4 is 52.1 Å². The van der Waals surface area contributed by atoms with Gasteiger partial charge in [0, 0.05) is 29.8 Å². The Balaban J connectivity index is 1.52. The van der Waals surface area contributed by atoms with Gasteiger partial charge in [-0.25, -0.2) is 0 Å². The number of rotatable bonds is 3. The third-order valence-electron chi connectivity index (χ3n) is 5.27. The van der Waals surface area contributed by atoms with Crippen LogP contribution in [0.4, 0.5) is 0 Å². The number of hydrogen-bond acceptors (Lipinski definition) is 5. The number of hydrogen-bond donors (Lipinski definition) is 0. The van der Waals surface area contributed by atoms with Gasteiger partial charge in [-0.2, -0.15) is 4.98 Å². The van der Waals surface area contributed by atoms with E-state index in [4.69, 9.17) is 32.4 Å². The van der Waals surface area contributed by atoms with E-state index >= 15 is 0 Å². The predicted molar refractivity (Wildman–Crippen MR) is 118 cm³/mol. The smallest absolute Gasteiger partial charge is 0.245 e. The lowest BCUT2D eigenvalue weighted by atomic mass is 10.1. The number of allylic oxidation sites excluding steroid dienone is 1. The molecule has 0 saturated heterocycles. The fraction of sp³-hybridized carbons (Fsp3) is 0.0870. The summed E-state index contributed by atoms with van der Waals surface area (Å²) in [6.07, 6.45) is 1.43. The van der Waals surface area contributed by atoms with Crippen LogP contribution in [0, 0.1) is 0 Å². The van der Waals surface area contributed by atoms with E-state index in [-0.39, 0.29) is 26.7 Å². The first-order chi connectivity index (χ1) is 14.9. The second kappa shape index (κ2) is 7.11. The van der Waals surface area contributed by atoms with Gasteiger partial charge >= 0.3 is 0 Å². The highest BCUT2D eigenvalue weighted by atomic mass is 35.5. The lowest BCUT2D eigenvalue weighted by Gasteiger charge is -2.03. The van der Waals surface area contributed by atoms with Crippen LogP contribution in [0.15, 0.2) is 52.5 Å². The van der Waals surface area contributed by atoms with Crippen LogP contribution >= 0.6 is 23.2 Å². The molecule has 154 valence electrons. The molecular formula is C23H14Cl2N2O4. The maximum atomic E-state index is 12.7. The van der Waals surface area contributed by atoms with Crippen LogP contribution in [0.3, 0.4) is 0 Å². The zero-order valence-corrected chi connectivity index (χ0v) is 17.9. The van der Waals surface area contributed by atoms with E-state index in [2.05, 4.69) is 4.98 Å². The van der Waals surface area contributed by atoms with E-state index in [0.717, 1.165) is 22.7 Å². The maximum Gasteiger partial charge on any atom is 0.245 e. The van der Waals surface area contributed by atoms with Crippen molar-refractivity contribution in [1.82, 2.24) is 9.55 Å². The Kier molecular flexibility index (Phi) is 4.50. The van der Waals surface area contributed by atoms with E-state index < -0.39 is 11.6 Å². The first-order valence-electron chi connectivity index (χ1n) is 9.28. The molecule has 5 rings (SSSR count). The van der Waals surface area contributed by atoms with E-state index in [0.29, 0.717) is 11.5 Å². The number of aryl methyl sites for hydroxylation is 1. The number of fused-ring (bicyclic) bond motifs is 2. The minimum Gasteiger partial charge on any atom is -0.497 e. The molecule has 0 radical (unpaired) electrons. The van der Waals surface area contributed by atoms with Crippen LogP contribution in [0.5, 0.6) is 5.75 Å². The summed E-state index contributed by atoms with van der Waals surface area (Å²) < 4.78 is 12.9. The number of benzene rings is 2. The highest BCUT2D eigenvalue weighted by molar-refractivity contribution is 6.46. The van der Waals surface area contributed by atoms with Gasteiger partial charge in [0.25, 0.3) is 0 Å². The normalized spacial score (nSPS) is 13.2. The number of methoxy groups -OCH3 is 1. The Morgan fingerprint density at radius 1 is 1.00 bits per heavy atom. The molecule has 0 unspecified atom stereocenters. The standard InChI is InChI=1S/C23H14Cl2N2O4/c1-27-19-8-13(31-23(19)26-22(27)11-3-5-12(30-2)6-4-11)7-16-20(28)14-9-17(24)18(25)10-15(14)21(16)29/h3-10H,1-2H3. The highest BCUT2D eigenvalue weighted by Gasteiger charge is 2.34. The van der Waals surface area contributed by atoms with Crippen molar-refractivity contribution in [2.24, 2.45) is 7.05 Å². The molecule has 0 saturated carbocycles. The van der Waals surface area contributed by atoms with E-state index in [1.165, 1.54) is 18.2 Å². The third-order valence-corrected chi connectivity index (χ3v) is 6.00. The molecule has 0 fully saturated rings. The molecule has 8 heteroatoms.